The molecule has 0 atom stereocenters. The average molecular weight is 427 g/mol. The van der Waals surface area contributed by atoms with Crippen LogP contribution in [0.4, 0.5) is 18.9 Å². The Balaban J connectivity index is 1.78. The predicted octanol–water partition coefficient (Wildman–Crippen LogP) is 2.43. The Morgan fingerprint density at radius 2 is 1.97 bits per heavy atom. The number of alkyl halides is 3. The number of pyridine rings is 1. The highest BCUT2D eigenvalue weighted by Gasteiger charge is 2.49. The SMILES string of the molecule is O=C(NCc1cccc(N2CCCC2=O)c1)c1cccnc1S(=O)(=O)C(F)(F)F. The zero-order valence-electron chi connectivity index (χ0n) is 14.9. The molecule has 1 aromatic carbocycles. The van der Waals surface area contributed by atoms with Crippen molar-refractivity contribution in [3.63, 3.8) is 0 Å². The van der Waals surface area contributed by atoms with Gasteiger partial charge in [-0.2, -0.15) is 13.2 Å². The summed E-state index contributed by atoms with van der Waals surface area (Å²) in [5.41, 5.74) is -5.02. The highest BCUT2D eigenvalue weighted by Crippen LogP contribution is 2.30. The third kappa shape index (κ3) is 4.24. The first-order valence-electron chi connectivity index (χ1n) is 8.55. The van der Waals surface area contributed by atoms with E-state index < -0.39 is 31.8 Å². The first kappa shape index (κ1) is 20.8. The van der Waals surface area contributed by atoms with E-state index in [1.807, 2.05) is 0 Å². The summed E-state index contributed by atoms with van der Waals surface area (Å²) in [6.07, 6.45) is 2.07. The number of sulfone groups is 1. The number of amides is 2. The monoisotopic (exact) mass is 427 g/mol. The number of halogens is 3. The zero-order valence-corrected chi connectivity index (χ0v) is 15.8. The topological polar surface area (TPSA) is 96.4 Å². The van der Waals surface area contributed by atoms with Gasteiger partial charge in [-0.3, -0.25) is 9.59 Å². The Morgan fingerprint density at radius 3 is 2.62 bits per heavy atom. The zero-order chi connectivity index (χ0) is 21.2. The van der Waals surface area contributed by atoms with Gasteiger partial charge in [0.1, 0.15) is 0 Å². The summed E-state index contributed by atoms with van der Waals surface area (Å²) in [4.78, 5) is 29.1. The van der Waals surface area contributed by atoms with Crippen LogP contribution in [0.15, 0.2) is 47.6 Å². The maximum atomic E-state index is 12.8. The standard InChI is InChI=1S/C18H16F3N3O4S/c19-18(20,21)29(27,28)17-14(6-2-8-22-17)16(26)23-11-12-4-1-5-13(10-12)24-9-3-7-15(24)25/h1-2,4-6,8,10H,3,7,9,11H2,(H,23,26). The van der Waals surface area contributed by atoms with Crippen molar-refractivity contribution in [1.29, 1.82) is 0 Å². The first-order valence-corrected chi connectivity index (χ1v) is 10.0. The minimum atomic E-state index is -5.78. The van der Waals surface area contributed by atoms with Gasteiger partial charge in [-0.1, -0.05) is 12.1 Å². The molecule has 0 spiro atoms. The van der Waals surface area contributed by atoms with Gasteiger partial charge in [-0.05, 0) is 36.2 Å². The summed E-state index contributed by atoms with van der Waals surface area (Å²) in [5.74, 6) is -1.02. The molecular formula is C18H16F3N3O4S. The fraction of sp³-hybridized carbons (Fsp3) is 0.278. The van der Waals surface area contributed by atoms with Gasteiger partial charge >= 0.3 is 5.51 Å². The Morgan fingerprint density at radius 1 is 1.21 bits per heavy atom. The molecule has 11 heteroatoms. The van der Waals surface area contributed by atoms with E-state index in [4.69, 9.17) is 0 Å². The minimum Gasteiger partial charge on any atom is -0.348 e. The summed E-state index contributed by atoms with van der Waals surface area (Å²) in [6.45, 7) is 0.512. The molecule has 0 unspecified atom stereocenters. The normalized spacial score (nSPS) is 14.9. The molecule has 3 rings (SSSR count). The molecule has 7 nitrogen and oxygen atoms in total. The number of carbonyl (C=O) groups excluding carboxylic acids is 2. The predicted molar refractivity (Wildman–Crippen MR) is 96.7 cm³/mol. The smallest absolute Gasteiger partial charge is 0.348 e. The number of nitrogens with one attached hydrogen (secondary N) is 1. The van der Waals surface area contributed by atoms with Crippen LogP contribution >= 0.6 is 0 Å². The number of nitrogens with zero attached hydrogens (tertiary/aromatic N) is 2. The average Bonchev–Trinajstić information content (AvgIpc) is 3.11. The fourth-order valence-electron chi connectivity index (χ4n) is 2.92. The van der Waals surface area contributed by atoms with E-state index in [-0.39, 0.29) is 12.5 Å². The van der Waals surface area contributed by atoms with Gasteiger partial charge in [0.2, 0.25) is 5.91 Å². The van der Waals surface area contributed by atoms with E-state index in [0.29, 0.717) is 24.2 Å². The van der Waals surface area contributed by atoms with Crippen LogP contribution in [0.25, 0.3) is 0 Å². The van der Waals surface area contributed by atoms with Gasteiger partial charge in [0.25, 0.3) is 15.7 Å². The maximum Gasteiger partial charge on any atom is 0.503 e. The van der Waals surface area contributed by atoms with Crippen molar-refractivity contribution < 1.29 is 31.2 Å². The lowest BCUT2D eigenvalue weighted by molar-refractivity contribution is -0.117. The second-order valence-corrected chi connectivity index (χ2v) is 8.16. The van der Waals surface area contributed by atoms with Crippen LogP contribution in [0.5, 0.6) is 0 Å². The third-order valence-electron chi connectivity index (χ3n) is 4.32. The maximum absolute atomic E-state index is 12.8. The van der Waals surface area contributed by atoms with E-state index >= 15 is 0 Å². The van der Waals surface area contributed by atoms with Gasteiger partial charge in [-0.25, -0.2) is 13.4 Å². The van der Waals surface area contributed by atoms with Crippen LogP contribution in [0.3, 0.4) is 0 Å². The summed E-state index contributed by atoms with van der Waals surface area (Å²) >= 11 is 0. The van der Waals surface area contributed by atoms with Crippen molar-refractivity contribution >= 4 is 27.3 Å². The molecule has 154 valence electrons. The molecule has 2 amide bonds. The van der Waals surface area contributed by atoms with Crippen molar-refractivity contribution in [2.45, 2.75) is 29.9 Å². The van der Waals surface area contributed by atoms with Crippen LogP contribution in [-0.4, -0.2) is 37.3 Å². The van der Waals surface area contributed by atoms with Crippen LogP contribution in [0.2, 0.25) is 0 Å². The largest absolute Gasteiger partial charge is 0.503 e. The molecule has 2 aromatic rings. The molecule has 1 aliphatic heterocycles. The Bertz CT molecular complexity index is 1050. The summed E-state index contributed by atoms with van der Waals surface area (Å²) in [5, 5.41) is 1.05. The molecule has 1 N–H and O–H groups in total. The van der Waals surface area contributed by atoms with E-state index in [0.717, 1.165) is 18.7 Å². The molecule has 1 saturated heterocycles. The quantitative estimate of drug-likeness (QED) is 0.791. The second-order valence-electron chi connectivity index (χ2n) is 6.31. The Labute approximate surface area is 164 Å². The van der Waals surface area contributed by atoms with Crippen molar-refractivity contribution in [2.75, 3.05) is 11.4 Å². The summed E-state index contributed by atoms with van der Waals surface area (Å²) in [7, 11) is -5.78. The molecule has 0 saturated carbocycles. The van der Waals surface area contributed by atoms with Gasteiger partial charge in [0.15, 0.2) is 5.03 Å². The Hall–Kier alpha value is -2.95. The number of carbonyl (C=O) groups is 2. The van der Waals surface area contributed by atoms with E-state index in [1.165, 1.54) is 6.07 Å². The molecule has 1 aliphatic rings. The fourth-order valence-corrected chi connectivity index (χ4v) is 3.79. The third-order valence-corrected chi connectivity index (χ3v) is 5.77. The number of hydrogen-bond donors (Lipinski definition) is 1. The molecule has 29 heavy (non-hydrogen) atoms. The van der Waals surface area contributed by atoms with Crippen molar-refractivity contribution in [2.24, 2.45) is 0 Å². The summed E-state index contributed by atoms with van der Waals surface area (Å²) in [6, 6.07) is 8.90. The van der Waals surface area contributed by atoms with Crippen molar-refractivity contribution in [3.05, 3.63) is 53.7 Å². The highest BCUT2D eigenvalue weighted by atomic mass is 32.2. The van der Waals surface area contributed by atoms with Gasteiger partial charge in [0.05, 0.1) is 5.56 Å². The van der Waals surface area contributed by atoms with Crippen molar-refractivity contribution in [1.82, 2.24) is 10.3 Å². The molecule has 1 fully saturated rings. The number of benzene rings is 1. The lowest BCUT2D eigenvalue weighted by Crippen LogP contribution is -2.30. The minimum absolute atomic E-state index is 0.0106. The van der Waals surface area contributed by atoms with E-state index in [1.54, 1.807) is 29.2 Å². The second kappa shape index (κ2) is 7.82. The van der Waals surface area contributed by atoms with E-state index in [9.17, 15) is 31.2 Å². The molecule has 0 radical (unpaired) electrons. The van der Waals surface area contributed by atoms with Crippen LogP contribution < -0.4 is 10.2 Å². The highest BCUT2D eigenvalue weighted by molar-refractivity contribution is 7.92. The molecule has 1 aromatic heterocycles. The molecular weight excluding hydrogens is 411 g/mol. The number of rotatable bonds is 5. The number of aromatic nitrogens is 1. The van der Waals surface area contributed by atoms with E-state index in [2.05, 4.69) is 10.3 Å². The first-order chi connectivity index (χ1) is 13.6. The number of anilines is 1. The van der Waals surface area contributed by atoms with Crippen LogP contribution in [0, 0.1) is 0 Å². The van der Waals surface area contributed by atoms with Gasteiger partial charge in [-0.15, -0.1) is 0 Å². The van der Waals surface area contributed by atoms with Crippen LogP contribution in [-0.2, 0) is 21.2 Å². The van der Waals surface area contributed by atoms with Crippen LogP contribution in [0.1, 0.15) is 28.8 Å². The molecule has 0 aliphatic carbocycles. The lowest BCUT2D eigenvalue weighted by Gasteiger charge is -2.17. The molecule has 2 heterocycles. The molecule has 0 bridgehead atoms. The number of hydrogen-bond acceptors (Lipinski definition) is 5. The Kier molecular flexibility index (Phi) is 5.60. The van der Waals surface area contributed by atoms with Crippen molar-refractivity contribution in [3.8, 4) is 0 Å². The van der Waals surface area contributed by atoms with Gasteiger partial charge < -0.3 is 10.2 Å². The van der Waals surface area contributed by atoms with Gasteiger partial charge in [0, 0.05) is 31.4 Å². The lowest BCUT2D eigenvalue weighted by atomic mass is 10.2. The summed E-state index contributed by atoms with van der Waals surface area (Å²) < 4.78 is 61.9.